The highest BCUT2D eigenvalue weighted by atomic mass is 16.2. The van der Waals surface area contributed by atoms with Crippen LogP contribution in [-0.4, -0.2) is 11.7 Å². The van der Waals surface area contributed by atoms with Crippen LogP contribution in [0.5, 0.6) is 0 Å². The molecule has 1 aromatic carbocycles. The number of amides is 1. The molecule has 0 aromatic heterocycles. The van der Waals surface area contributed by atoms with Crippen molar-refractivity contribution in [3.05, 3.63) is 42.0 Å². The van der Waals surface area contributed by atoms with Crippen molar-refractivity contribution in [1.29, 1.82) is 0 Å². The summed E-state index contributed by atoms with van der Waals surface area (Å²) in [6.07, 6.45) is 9.18. The predicted molar refractivity (Wildman–Crippen MR) is 83.2 cm³/mol. The van der Waals surface area contributed by atoms with Gasteiger partial charge in [0.05, 0.1) is 0 Å². The minimum atomic E-state index is 0.0158. The lowest BCUT2D eigenvalue weighted by atomic mass is 10.1. The van der Waals surface area contributed by atoms with E-state index in [0.717, 1.165) is 18.5 Å². The number of allylic oxidation sites excluding steroid dienone is 2. The Morgan fingerprint density at radius 1 is 1.24 bits per heavy atom. The highest BCUT2D eigenvalue weighted by molar-refractivity contribution is 5.98. The van der Waals surface area contributed by atoms with Crippen molar-refractivity contribution in [3.8, 4) is 0 Å². The molecule has 21 heavy (non-hydrogen) atoms. The van der Waals surface area contributed by atoms with Gasteiger partial charge in [0, 0.05) is 17.2 Å². The topological polar surface area (TPSA) is 46.2 Å². The van der Waals surface area contributed by atoms with E-state index in [1.54, 1.807) is 12.1 Å². The van der Waals surface area contributed by atoms with E-state index >= 15 is 0 Å². The van der Waals surface area contributed by atoms with Gasteiger partial charge in [0.25, 0.3) is 0 Å². The van der Waals surface area contributed by atoms with Gasteiger partial charge in [0.2, 0.25) is 5.91 Å². The van der Waals surface area contributed by atoms with Gasteiger partial charge in [-0.15, -0.1) is 0 Å². The Labute approximate surface area is 125 Å². The summed E-state index contributed by atoms with van der Waals surface area (Å²) < 4.78 is 0. The molecule has 0 aliphatic heterocycles. The standard InChI is InChI=1S/C18H21NO2/c1-12(20)13-7-6-8-14(11-13)19-18(21)17-15-9-4-2-3-5-10-16(15)17/h4,6-9,11,15-17H,2-3,5,10H2,1H3,(H,19,21)/t15-,16+,17-/m1/s1. The molecule has 0 unspecified atom stereocenters. The molecule has 0 radical (unpaired) electrons. The van der Waals surface area contributed by atoms with E-state index in [0.29, 0.717) is 17.4 Å². The van der Waals surface area contributed by atoms with Gasteiger partial charge in [-0.25, -0.2) is 0 Å². The molecule has 2 aliphatic rings. The van der Waals surface area contributed by atoms with Gasteiger partial charge >= 0.3 is 0 Å². The molecule has 0 spiro atoms. The second-order valence-electron chi connectivity index (χ2n) is 6.11. The molecule has 0 bridgehead atoms. The first-order valence-corrected chi connectivity index (χ1v) is 7.75. The van der Waals surface area contributed by atoms with Gasteiger partial charge in [-0.1, -0.05) is 30.7 Å². The summed E-state index contributed by atoms with van der Waals surface area (Å²) in [5.74, 6) is 1.15. The average molecular weight is 283 g/mol. The molecule has 0 heterocycles. The van der Waals surface area contributed by atoms with E-state index in [-0.39, 0.29) is 17.6 Å². The summed E-state index contributed by atoms with van der Waals surface area (Å²) in [5.41, 5.74) is 1.35. The van der Waals surface area contributed by atoms with Gasteiger partial charge in [-0.05, 0) is 50.2 Å². The van der Waals surface area contributed by atoms with Crippen LogP contribution >= 0.6 is 0 Å². The number of anilines is 1. The third-order valence-corrected chi connectivity index (χ3v) is 4.59. The van der Waals surface area contributed by atoms with Crippen molar-refractivity contribution in [2.75, 3.05) is 5.32 Å². The second-order valence-corrected chi connectivity index (χ2v) is 6.11. The minimum Gasteiger partial charge on any atom is -0.326 e. The van der Waals surface area contributed by atoms with Crippen LogP contribution in [-0.2, 0) is 4.79 Å². The molecule has 1 amide bonds. The summed E-state index contributed by atoms with van der Waals surface area (Å²) in [6.45, 7) is 1.54. The third kappa shape index (κ3) is 3.07. The first-order chi connectivity index (χ1) is 10.2. The van der Waals surface area contributed by atoms with Crippen molar-refractivity contribution < 1.29 is 9.59 Å². The van der Waals surface area contributed by atoms with E-state index in [1.807, 2.05) is 12.1 Å². The summed E-state index contributed by atoms with van der Waals surface area (Å²) in [7, 11) is 0. The van der Waals surface area contributed by atoms with Crippen molar-refractivity contribution in [2.45, 2.75) is 32.6 Å². The number of nitrogens with one attached hydrogen (secondary N) is 1. The second kappa shape index (κ2) is 5.84. The molecule has 0 saturated heterocycles. The van der Waals surface area contributed by atoms with Crippen LogP contribution in [0.3, 0.4) is 0 Å². The SMILES string of the molecule is CC(=O)c1cccc(NC(=O)[C@@H]2[C@@H]3C=CCCCC[C@@H]32)c1. The summed E-state index contributed by atoms with van der Waals surface area (Å²) >= 11 is 0. The van der Waals surface area contributed by atoms with Gasteiger partial charge in [-0.2, -0.15) is 0 Å². The summed E-state index contributed by atoms with van der Waals surface area (Å²) in [4.78, 5) is 23.8. The first-order valence-electron chi connectivity index (χ1n) is 7.75. The molecule has 1 saturated carbocycles. The molecule has 1 aromatic rings. The highest BCUT2D eigenvalue weighted by Crippen LogP contribution is 2.51. The highest BCUT2D eigenvalue weighted by Gasteiger charge is 2.52. The number of rotatable bonds is 3. The first kappa shape index (κ1) is 14.1. The Hall–Kier alpha value is -1.90. The minimum absolute atomic E-state index is 0.0158. The fraction of sp³-hybridized carbons (Fsp3) is 0.444. The smallest absolute Gasteiger partial charge is 0.228 e. The molecule has 2 aliphatic carbocycles. The van der Waals surface area contributed by atoms with Gasteiger partial charge in [0.15, 0.2) is 5.78 Å². The van der Waals surface area contributed by atoms with Crippen molar-refractivity contribution >= 4 is 17.4 Å². The molecule has 3 atom stereocenters. The number of Topliss-reactive ketones (excluding diaryl/α,β-unsaturated/α-hetero) is 1. The number of carbonyl (C=O) groups is 2. The number of hydrogen-bond acceptors (Lipinski definition) is 2. The average Bonchev–Trinajstić information content (AvgIpc) is 3.10. The van der Waals surface area contributed by atoms with Gasteiger partial charge < -0.3 is 5.32 Å². The Balaban J connectivity index is 1.67. The molecule has 3 rings (SSSR count). The van der Waals surface area contributed by atoms with Crippen LogP contribution in [0.1, 0.15) is 43.0 Å². The predicted octanol–water partition coefficient (Wildman–Crippen LogP) is 3.82. The van der Waals surface area contributed by atoms with Crippen LogP contribution in [0.2, 0.25) is 0 Å². The maximum Gasteiger partial charge on any atom is 0.228 e. The quantitative estimate of drug-likeness (QED) is 0.677. The largest absolute Gasteiger partial charge is 0.326 e. The van der Waals surface area contributed by atoms with Crippen molar-refractivity contribution in [3.63, 3.8) is 0 Å². The lowest BCUT2D eigenvalue weighted by molar-refractivity contribution is -0.117. The van der Waals surface area contributed by atoms with E-state index in [2.05, 4.69) is 17.5 Å². The number of ketones is 1. The van der Waals surface area contributed by atoms with Crippen molar-refractivity contribution in [1.82, 2.24) is 0 Å². The number of fused-ring (bicyclic) bond motifs is 1. The van der Waals surface area contributed by atoms with Gasteiger partial charge in [0.1, 0.15) is 0 Å². The number of benzene rings is 1. The van der Waals surface area contributed by atoms with E-state index in [1.165, 1.54) is 19.8 Å². The Morgan fingerprint density at radius 3 is 2.90 bits per heavy atom. The molecule has 110 valence electrons. The lowest BCUT2D eigenvalue weighted by Gasteiger charge is -2.06. The fourth-order valence-electron chi connectivity index (χ4n) is 3.34. The van der Waals surface area contributed by atoms with Crippen LogP contribution in [0.25, 0.3) is 0 Å². The maximum absolute atomic E-state index is 12.4. The monoisotopic (exact) mass is 283 g/mol. The zero-order valence-electron chi connectivity index (χ0n) is 12.3. The number of carbonyl (C=O) groups excluding carboxylic acids is 2. The van der Waals surface area contributed by atoms with Crippen LogP contribution in [0.4, 0.5) is 5.69 Å². The lowest BCUT2D eigenvalue weighted by Crippen LogP contribution is -2.15. The molecule has 3 nitrogen and oxygen atoms in total. The van der Waals surface area contributed by atoms with E-state index < -0.39 is 0 Å². The fourth-order valence-corrected chi connectivity index (χ4v) is 3.34. The molecular formula is C18H21NO2. The zero-order chi connectivity index (χ0) is 14.8. The third-order valence-electron chi connectivity index (χ3n) is 4.59. The van der Waals surface area contributed by atoms with Crippen LogP contribution in [0, 0.1) is 17.8 Å². The Morgan fingerprint density at radius 2 is 2.10 bits per heavy atom. The normalized spacial score (nSPS) is 27.2. The Bertz CT molecular complexity index is 591. The van der Waals surface area contributed by atoms with Crippen LogP contribution in [0.15, 0.2) is 36.4 Å². The molecule has 1 N–H and O–H groups in total. The zero-order valence-corrected chi connectivity index (χ0v) is 12.3. The summed E-state index contributed by atoms with van der Waals surface area (Å²) in [5, 5.41) is 2.97. The molecule has 1 fully saturated rings. The number of hydrogen-bond donors (Lipinski definition) is 1. The Kier molecular flexibility index (Phi) is 3.91. The maximum atomic E-state index is 12.4. The van der Waals surface area contributed by atoms with E-state index in [4.69, 9.17) is 0 Å². The van der Waals surface area contributed by atoms with E-state index in [9.17, 15) is 9.59 Å². The molecular weight excluding hydrogens is 262 g/mol. The molecule has 3 heteroatoms. The summed E-state index contributed by atoms with van der Waals surface area (Å²) in [6, 6.07) is 7.17. The van der Waals surface area contributed by atoms with Crippen molar-refractivity contribution in [2.24, 2.45) is 17.8 Å². The van der Waals surface area contributed by atoms with Gasteiger partial charge in [-0.3, -0.25) is 9.59 Å². The van der Waals surface area contributed by atoms with Crippen LogP contribution < -0.4 is 5.32 Å².